The fourth-order valence-electron chi connectivity index (χ4n) is 8.27. The molecular weight excluding hydrogens is 1390 g/mol. The number of nitrogens with zero attached hydrogens (tertiary/aromatic N) is 9. The van der Waals surface area contributed by atoms with Crippen LogP contribution in [0.5, 0.6) is 0 Å². The first-order valence-electron chi connectivity index (χ1n) is 29.7. The van der Waals surface area contributed by atoms with Crippen molar-refractivity contribution in [3.05, 3.63) is 212 Å². The maximum absolute atomic E-state index is 9.43. The smallest absolute Gasteiger partial charge is 0.700 e. The Morgan fingerprint density at radius 1 is 0.341 bits per heavy atom. The van der Waals surface area contributed by atoms with E-state index in [-0.39, 0.29) is 102 Å². The summed E-state index contributed by atoms with van der Waals surface area (Å²) in [6.45, 7) is 21.8. The number of amides is 2. The number of carbonyl (C=O) groups is 2. The summed E-state index contributed by atoms with van der Waals surface area (Å²) in [6, 6.07) is 43.4. The molecule has 0 bridgehead atoms. The van der Waals surface area contributed by atoms with Crippen molar-refractivity contribution in [1.29, 1.82) is 0 Å². The third-order valence-electron chi connectivity index (χ3n) is 13.6. The molecule has 6 N–H and O–H groups in total. The molecule has 0 atom stereocenters. The van der Waals surface area contributed by atoms with Gasteiger partial charge in [0.2, 0.25) is 12.8 Å². The first kappa shape index (κ1) is 94.6. The summed E-state index contributed by atoms with van der Waals surface area (Å²) in [5, 5.41) is 27.9. The Balaban J connectivity index is -0.000000375. The maximum Gasteiger partial charge on any atom is 2.00 e. The van der Waals surface area contributed by atoms with Crippen LogP contribution < -0.4 is 0 Å². The molecule has 0 aliphatic carbocycles. The van der Waals surface area contributed by atoms with Crippen LogP contribution in [0.25, 0.3) is 66.3 Å². The predicted molar refractivity (Wildman–Crippen MR) is 365 cm³/mol. The summed E-state index contributed by atoms with van der Waals surface area (Å²) < 4.78 is 1.42. The van der Waals surface area contributed by atoms with Gasteiger partial charge in [0.05, 0.1) is 26.2 Å². The van der Waals surface area contributed by atoms with E-state index in [4.69, 9.17) is 34.4 Å². The molecule has 0 aliphatic heterocycles. The number of quaternary nitrogens is 1. The molecule has 91 heavy (non-hydrogen) atoms. The molecule has 2 amide bonds. The molecule has 506 valence electrons. The number of para-hydroxylation sites is 6. The van der Waals surface area contributed by atoms with E-state index in [0.717, 1.165) is 12.8 Å². The van der Waals surface area contributed by atoms with E-state index in [9.17, 15) is 9.59 Å². The van der Waals surface area contributed by atoms with E-state index in [1.165, 1.54) is 91.8 Å². The van der Waals surface area contributed by atoms with Crippen LogP contribution in [0.4, 0.5) is 68.2 Å². The van der Waals surface area contributed by atoms with E-state index in [1.807, 2.05) is 109 Å². The zero-order chi connectivity index (χ0) is 62.9. The maximum atomic E-state index is 9.43. The van der Waals surface area contributed by atoms with Crippen molar-refractivity contribution in [2.45, 2.75) is 92.9 Å². The Kier molecular flexibility index (Phi) is 56.5. The summed E-state index contributed by atoms with van der Waals surface area (Å²) in [5.74, 6) is 0. The molecule has 0 saturated carbocycles. The molecule has 0 fully saturated rings. The largest absolute Gasteiger partial charge is 2.00 e. The van der Waals surface area contributed by atoms with Crippen molar-refractivity contribution in [2.75, 3.05) is 93.6 Å². The Hall–Kier alpha value is -5.06. The number of nitrogens with one attached hydrogen (secondary N) is 6. The van der Waals surface area contributed by atoms with E-state index < -0.39 is 10.8 Å². The zero-order valence-corrected chi connectivity index (χ0v) is 61.3. The van der Waals surface area contributed by atoms with Crippen molar-refractivity contribution >= 4 is 81.1 Å². The number of hydrogen-bond acceptors (Lipinski definition) is 2. The van der Waals surface area contributed by atoms with Crippen LogP contribution in [-0.2, 0) is 112 Å². The van der Waals surface area contributed by atoms with Crippen LogP contribution in [0.1, 0.15) is 92.9 Å². The van der Waals surface area contributed by atoms with Gasteiger partial charge in [0.1, 0.15) is 0 Å². The Morgan fingerprint density at radius 2 is 0.484 bits per heavy atom. The number of unbranched alkanes of at least 4 members (excludes halogenated alkanes) is 4. The van der Waals surface area contributed by atoms with E-state index in [0.29, 0.717) is 108 Å². The van der Waals surface area contributed by atoms with Gasteiger partial charge in [-0.1, -0.05) is 224 Å². The molecule has 0 aromatic heterocycles. The second-order valence-electron chi connectivity index (χ2n) is 22.4. The van der Waals surface area contributed by atoms with Crippen molar-refractivity contribution in [3.63, 3.8) is 0 Å². The molecule has 0 spiro atoms. The summed E-state index contributed by atoms with van der Waals surface area (Å²) >= 11 is 0. The second kappa shape index (κ2) is 54.3. The number of hydrogen-bond donors (Lipinski definition) is 0. The number of carbonyl (C=O) groups excluding carboxylic acids is 2. The molecule has 17 nitrogen and oxygen atoms in total. The third-order valence-corrected chi connectivity index (χ3v) is 13.6. The topological polar surface area (TPSA) is 268 Å². The van der Waals surface area contributed by atoms with E-state index in [2.05, 4.69) is 73.4 Å². The number of rotatable bonds is 32. The quantitative estimate of drug-likeness (QED) is 0.0226. The van der Waals surface area contributed by atoms with Gasteiger partial charge in [0.25, 0.3) is 0 Å². The molecule has 0 aliphatic rings. The van der Waals surface area contributed by atoms with Crippen LogP contribution >= 0.6 is 0 Å². The summed E-state index contributed by atoms with van der Waals surface area (Å²) in [6.07, 6.45) is 12.6. The fourth-order valence-corrected chi connectivity index (χ4v) is 8.27. The van der Waals surface area contributed by atoms with E-state index >= 15 is 0 Å². The normalized spacial score (nSPS) is 10.0. The van der Waals surface area contributed by atoms with Crippen molar-refractivity contribution in [2.24, 2.45) is 10.8 Å². The Labute approximate surface area is 611 Å². The zero-order valence-electron chi connectivity index (χ0n) is 54.7. The van der Waals surface area contributed by atoms with Gasteiger partial charge in [-0.05, 0) is 25.7 Å². The van der Waals surface area contributed by atoms with E-state index in [1.54, 1.807) is 64.6 Å². The molecule has 6 aromatic carbocycles. The molecule has 23 heteroatoms. The average Bonchev–Trinajstić information content (AvgIpc) is 2.25. The molecule has 0 heterocycles. The minimum atomic E-state index is -0.410. The minimum Gasteiger partial charge on any atom is -0.700 e. The third kappa shape index (κ3) is 39.9. The van der Waals surface area contributed by atoms with Crippen LogP contribution in [0.2, 0.25) is 0 Å². The van der Waals surface area contributed by atoms with Gasteiger partial charge >= 0.3 is 85.3 Å². The Morgan fingerprint density at radius 3 is 0.604 bits per heavy atom. The second-order valence-corrected chi connectivity index (χ2v) is 22.4. The van der Waals surface area contributed by atoms with Gasteiger partial charge in [-0.2, -0.15) is 68.2 Å². The van der Waals surface area contributed by atoms with Crippen LogP contribution in [-0.4, -0.2) is 121 Å². The van der Waals surface area contributed by atoms with Gasteiger partial charge in [0, 0.05) is 45.3 Å². The van der Waals surface area contributed by atoms with Crippen molar-refractivity contribution in [3.8, 4) is 0 Å². The van der Waals surface area contributed by atoms with Crippen LogP contribution in [0, 0.1) is 10.8 Å². The molecule has 0 saturated heterocycles. The Bertz CT molecular complexity index is 2320. The minimum absolute atomic E-state index is 0. The van der Waals surface area contributed by atoms with Crippen molar-refractivity contribution in [1.82, 2.24) is 9.80 Å². The summed E-state index contributed by atoms with van der Waals surface area (Å²) in [4.78, 5) is 21.8. The average molecular weight is 1490 g/mol. The SMILES string of the molecule is CC(C[N-]c1ccccc1[NH-])(C[N-]c1ccccc1[NH-])C[N-]c1ccccc1[NH-].CC(C[N-]c1ccccc1[NH-])(C[N-]c1ccccc1[NH-])C[N-]c1ccccc1[NH-].CCCC[N+](CCCC)(CCCC)CCCC.CN(C)C=O.CN(C)C=O.[Fe+2].[Fe+2].[Fe+2].[Fe+2].[Fe+2].[Fe]. The van der Waals surface area contributed by atoms with Gasteiger partial charge in [-0.25, -0.2) is 0 Å². The monoisotopic (exact) mass is 1490 g/mol. The first-order valence-corrected chi connectivity index (χ1v) is 29.7. The van der Waals surface area contributed by atoms with Crippen LogP contribution in [0.15, 0.2) is 146 Å². The first-order chi connectivity index (χ1) is 40.7. The number of benzene rings is 6. The fraction of sp³-hybridized carbons (Fsp3) is 0.441. The summed E-state index contributed by atoms with van der Waals surface area (Å²) in [7, 11) is 6.75. The van der Waals surface area contributed by atoms with Gasteiger partial charge in [-0.3, -0.25) is 9.59 Å². The molecule has 0 radical (unpaired) electrons. The van der Waals surface area contributed by atoms with Crippen LogP contribution in [0.3, 0.4) is 0 Å². The molecule has 0 unspecified atom stereocenters. The van der Waals surface area contributed by atoms with Crippen molar-refractivity contribution < 1.29 is 116 Å². The summed E-state index contributed by atoms with van der Waals surface area (Å²) in [5.41, 5.74) is 53.4. The van der Waals surface area contributed by atoms with Gasteiger partial charge in [-0.15, -0.1) is 39.3 Å². The predicted octanol–water partition coefficient (Wildman–Crippen LogP) is 22.7. The van der Waals surface area contributed by atoms with Gasteiger partial charge < -0.3 is 80.6 Å². The molecule has 6 aromatic rings. The van der Waals surface area contributed by atoms with Gasteiger partial charge in [0.15, 0.2) is 0 Å². The molecule has 6 rings (SSSR count). The molecular formula is C68H98Fe6N15O2-. The standard InChI is InChI=1S/2C23H24N6.C16H36N.2C3H7NO.6Fe/c2*1-23(14-27-20-11-5-2-8-17(20)24,15-28-21-12-6-3-9-18(21)25)16-29-22-13-7-4-10-19(22)26;1-5-9-13-17(14-10-6-2,15-11-7-3)16-12-8-4;2*1-4(2)3-5;;;;;;/h2*2-13,24-26H,14-16H2,1H3;5-16H2,1-4H3;2*3H,1-2H3;;;;;;/q2*-6;+1;;;;5*+2.